The van der Waals surface area contributed by atoms with Crippen molar-refractivity contribution < 1.29 is 24.7 Å². The molecule has 0 N–H and O–H groups in total. The fraction of sp³-hybridized carbons (Fsp3) is 0.143. The molecule has 0 spiro atoms. The number of thiophene rings is 1. The summed E-state index contributed by atoms with van der Waals surface area (Å²) in [7, 11) is 0. The second kappa shape index (κ2) is 12.6. The Kier molecular flexibility index (Phi) is 8.79. The second-order valence-corrected chi connectivity index (χ2v) is 10.6. The first-order valence-electron chi connectivity index (χ1n) is 13.4. The molecule has 0 aliphatic carbocycles. The number of hydrogen-bond donors (Lipinski definition) is 0. The smallest absolute Gasteiger partial charge is 0.304 e. The van der Waals surface area contributed by atoms with Crippen LogP contribution in [0.3, 0.4) is 0 Å². The maximum Gasteiger partial charge on any atom is 0.494 e. The van der Waals surface area contributed by atoms with Gasteiger partial charge in [0.15, 0.2) is 6.54 Å². The van der Waals surface area contributed by atoms with Crippen molar-refractivity contribution in [2.24, 2.45) is 0 Å². The maximum atomic E-state index is 4.32. The molecule has 3 nitrogen and oxygen atoms in total. The molecule has 1 aliphatic heterocycles. The van der Waals surface area contributed by atoms with E-state index in [4.69, 9.17) is 0 Å². The van der Waals surface area contributed by atoms with Gasteiger partial charge in [0.05, 0.1) is 0 Å². The van der Waals surface area contributed by atoms with E-state index in [1.54, 1.807) is 0 Å². The Labute approximate surface area is 253 Å². The molecule has 0 saturated heterocycles. The van der Waals surface area contributed by atoms with Crippen molar-refractivity contribution in [1.82, 2.24) is 9.56 Å². The number of pyridine rings is 1. The molecule has 1 radical (unpaired) electrons. The summed E-state index contributed by atoms with van der Waals surface area (Å²) in [6.45, 7) is 5.25. The summed E-state index contributed by atoms with van der Waals surface area (Å²) in [6, 6.07) is 43.5. The maximum absolute atomic E-state index is 4.32. The third-order valence-corrected chi connectivity index (χ3v) is 8.00. The van der Waals surface area contributed by atoms with Gasteiger partial charge in [0.1, 0.15) is 5.69 Å². The van der Waals surface area contributed by atoms with Crippen LogP contribution in [0.4, 0.5) is 17.1 Å². The van der Waals surface area contributed by atoms with Crippen molar-refractivity contribution in [3.05, 3.63) is 121 Å². The molecule has 0 bridgehead atoms. The molecule has 0 unspecified atom stereocenters. The first kappa shape index (κ1) is 27.8. The van der Waals surface area contributed by atoms with Gasteiger partial charge in [-0.1, -0.05) is 65.0 Å². The zero-order valence-electron chi connectivity index (χ0n) is 22.5. The van der Waals surface area contributed by atoms with E-state index < -0.39 is 0 Å². The number of unbranched alkanes of at least 4 members (excludes halogenated alkanes) is 1. The van der Waals surface area contributed by atoms with Crippen molar-refractivity contribution >= 4 is 54.6 Å². The summed E-state index contributed by atoms with van der Waals surface area (Å²) in [4.78, 5) is 4.32. The molecule has 0 fully saturated rings. The van der Waals surface area contributed by atoms with Gasteiger partial charge in [0.25, 0.3) is 11.4 Å². The minimum absolute atomic E-state index is 0. The average molecular weight is 716 g/mol. The van der Waals surface area contributed by atoms with Gasteiger partial charge in [-0.15, -0.1) is 47.3 Å². The van der Waals surface area contributed by atoms with Gasteiger partial charge in [-0.2, -0.15) is 23.5 Å². The Morgan fingerprint density at radius 2 is 1.62 bits per heavy atom. The van der Waals surface area contributed by atoms with E-state index in [1.165, 1.54) is 43.5 Å². The summed E-state index contributed by atoms with van der Waals surface area (Å²) < 4.78 is 7.02. The Morgan fingerprint density at radius 1 is 0.825 bits per heavy atom. The fourth-order valence-electron chi connectivity index (χ4n) is 4.79. The number of para-hydroxylation sites is 2. The van der Waals surface area contributed by atoms with Gasteiger partial charge in [0, 0.05) is 49.6 Å². The Balaban J connectivity index is 0.000000195. The standard InChI is InChI=1S/C23H19N2S.C12H10N.Ir/c1-2-3-15-24-16-25(20-12-6-5-11-19(20)24)21-13-8-10-18-17-9-4-7-14-22(17)26-23(18)21;1-10-7-8-12(13-9-10)11-5-3-2-4-6-11;/h4-12,14H,2-3,15H2,1H3;2-5,7-9H,1H3;/q+1;-1;. The molecule has 0 amide bonds. The van der Waals surface area contributed by atoms with Gasteiger partial charge >= 0.3 is 6.01 Å². The fourth-order valence-corrected chi connectivity index (χ4v) is 5.98. The number of fused-ring (bicyclic) bond motifs is 4. The number of aryl methyl sites for hydroxylation is 1. The summed E-state index contributed by atoms with van der Waals surface area (Å²) in [5.74, 6) is 0. The van der Waals surface area contributed by atoms with Crippen LogP contribution in [0, 0.1) is 19.1 Å². The summed E-state index contributed by atoms with van der Waals surface area (Å²) >= 11 is 1.84. The van der Waals surface area contributed by atoms with Crippen LogP contribution in [0.5, 0.6) is 0 Å². The quantitative estimate of drug-likeness (QED) is 0.129. The summed E-state index contributed by atoms with van der Waals surface area (Å²) in [6.07, 6.45) is 4.21. The van der Waals surface area contributed by atoms with Gasteiger partial charge in [-0.3, -0.25) is 0 Å². The first-order chi connectivity index (χ1) is 19.2. The van der Waals surface area contributed by atoms with Crippen LogP contribution in [-0.2, 0) is 20.1 Å². The van der Waals surface area contributed by atoms with Crippen molar-refractivity contribution in [1.29, 1.82) is 0 Å². The summed E-state index contributed by atoms with van der Waals surface area (Å²) in [5, 5.41) is 2.61. The molecule has 3 heterocycles. The predicted octanol–water partition coefficient (Wildman–Crippen LogP) is 9.18. The number of rotatable bonds is 5. The first-order valence-corrected chi connectivity index (χ1v) is 14.2. The molecule has 0 atom stereocenters. The second-order valence-electron chi connectivity index (χ2n) is 9.59. The molecule has 4 aromatic carbocycles. The molecule has 199 valence electrons. The van der Waals surface area contributed by atoms with Crippen LogP contribution in [0.15, 0.2) is 103 Å². The zero-order valence-corrected chi connectivity index (χ0v) is 25.7. The molecule has 5 heteroatoms. The SMILES string of the molecule is CCCC[N+]1=C=[N+](c2[c-]ccc3c2sc2ccccc23)c2ccccc21.Cc1ccc(-c2[c-]cccc2)nc1.[Ir]. The van der Waals surface area contributed by atoms with E-state index in [9.17, 15) is 0 Å². The summed E-state index contributed by atoms with van der Waals surface area (Å²) in [5.41, 5.74) is 6.71. The topological polar surface area (TPSA) is 18.9 Å². The van der Waals surface area contributed by atoms with Crippen LogP contribution in [-0.4, -0.2) is 22.1 Å². The average Bonchev–Trinajstić information content (AvgIpc) is 3.56. The number of hydrogen-bond acceptors (Lipinski definition) is 2. The minimum Gasteiger partial charge on any atom is -0.304 e. The van der Waals surface area contributed by atoms with Crippen LogP contribution in [0.25, 0.3) is 31.4 Å². The number of nitrogens with zero attached hydrogens (tertiary/aromatic N) is 3. The Hall–Kier alpha value is -3.72. The van der Waals surface area contributed by atoms with E-state index in [0.717, 1.165) is 29.9 Å². The van der Waals surface area contributed by atoms with Crippen LogP contribution < -0.4 is 4.58 Å². The molecule has 2 aromatic heterocycles. The zero-order chi connectivity index (χ0) is 26.6. The molecule has 7 rings (SSSR count). The molecule has 40 heavy (non-hydrogen) atoms. The predicted molar refractivity (Wildman–Crippen MR) is 164 cm³/mol. The van der Waals surface area contributed by atoms with Gasteiger partial charge in [0.2, 0.25) is 0 Å². The number of aromatic nitrogens is 1. The van der Waals surface area contributed by atoms with Crippen molar-refractivity contribution in [2.45, 2.75) is 26.7 Å². The van der Waals surface area contributed by atoms with E-state index in [-0.39, 0.29) is 20.1 Å². The van der Waals surface area contributed by atoms with E-state index in [2.05, 4.69) is 99.9 Å². The van der Waals surface area contributed by atoms with Crippen LogP contribution >= 0.6 is 11.3 Å². The van der Waals surface area contributed by atoms with Crippen molar-refractivity contribution in [3.63, 3.8) is 0 Å². The van der Waals surface area contributed by atoms with Crippen LogP contribution in [0.1, 0.15) is 25.3 Å². The minimum atomic E-state index is 0. The molecular weight excluding hydrogens is 687 g/mol. The molecule has 0 saturated carbocycles. The Bertz CT molecular complexity index is 1830. The van der Waals surface area contributed by atoms with E-state index >= 15 is 0 Å². The van der Waals surface area contributed by atoms with Gasteiger partial charge in [-0.05, 0) is 34.3 Å². The van der Waals surface area contributed by atoms with E-state index in [1.807, 2.05) is 60.9 Å². The van der Waals surface area contributed by atoms with Gasteiger partial charge < -0.3 is 4.98 Å². The molecule has 6 aromatic rings. The molecular formula is C35H29IrN3S. The third kappa shape index (κ3) is 5.61. The van der Waals surface area contributed by atoms with Crippen molar-refractivity contribution in [3.8, 4) is 11.3 Å². The van der Waals surface area contributed by atoms with Gasteiger partial charge in [-0.25, -0.2) is 0 Å². The molecule has 1 aliphatic rings. The van der Waals surface area contributed by atoms with Crippen LogP contribution in [0.2, 0.25) is 0 Å². The monoisotopic (exact) mass is 716 g/mol. The largest absolute Gasteiger partial charge is 0.494 e. The third-order valence-electron chi connectivity index (χ3n) is 6.81. The number of benzene rings is 4. The Morgan fingerprint density at radius 3 is 2.40 bits per heavy atom. The van der Waals surface area contributed by atoms with E-state index in [0.29, 0.717) is 0 Å². The van der Waals surface area contributed by atoms with Crippen molar-refractivity contribution in [2.75, 3.05) is 6.54 Å². The normalized spacial score (nSPS) is 11.8.